The second-order valence-corrected chi connectivity index (χ2v) is 6.88. The Kier molecular flexibility index (Phi) is 6.71. The Hall–Kier alpha value is -1.05. The fourth-order valence-corrected chi connectivity index (χ4v) is 3.39. The van der Waals surface area contributed by atoms with Crippen LogP contribution in [0, 0.1) is 5.92 Å². The van der Waals surface area contributed by atoms with Crippen molar-refractivity contribution >= 4 is 29.1 Å². The molecule has 6 nitrogen and oxygen atoms in total. The average molecular weight is 377 g/mol. The van der Waals surface area contributed by atoms with Crippen molar-refractivity contribution in [3.63, 3.8) is 0 Å². The summed E-state index contributed by atoms with van der Waals surface area (Å²) in [7, 11) is 0. The number of aliphatic hydroxyl groups excluding tert-OH is 2. The SMILES string of the molecule is N[C@@H](c1cc(Cl)c(Cl)cc1O)[C@H]1CCCN(C(=O)[C@H](O)CO)CC1. The lowest BCUT2D eigenvalue weighted by atomic mass is 9.87. The molecular weight excluding hydrogens is 355 g/mol. The van der Waals surface area contributed by atoms with Crippen LogP contribution in [0.4, 0.5) is 0 Å². The zero-order valence-electron chi connectivity index (χ0n) is 13.2. The smallest absolute Gasteiger partial charge is 0.253 e. The van der Waals surface area contributed by atoms with Gasteiger partial charge in [-0.2, -0.15) is 0 Å². The summed E-state index contributed by atoms with van der Waals surface area (Å²) < 4.78 is 0. The van der Waals surface area contributed by atoms with Crippen LogP contribution >= 0.6 is 23.2 Å². The third-order valence-electron chi connectivity index (χ3n) is 4.48. The number of hydrogen-bond acceptors (Lipinski definition) is 5. The van der Waals surface area contributed by atoms with Gasteiger partial charge in [0, 0.05) is 30.8 Å². The summed E-state index contributed by atoms with van der Waals surface area (Å²) in [6.45, 7) is 0.359. The summed E-state index contributed by atoms with van der Waals surface area (Å²) in [6.07, 6.45) is 0.754. The average Bonchev–Trinajstić information content (AvgIpc) is 2.82. The minimum absolute atomic E-state index is 0.00443. The third-order valence-corrected chi connectivity index (χ3v) is 5.20. The lowest BCUT2D eigenvalue weighted by molar-refractivity contribution is -0.142. The second-order valence-electron chi connectivity index (χ2n) is 6.07. The summed E-state index contributed by atoms with van der Waals surface area (Å²) in [5.74, 6) is -0.411. The van der Waals surface area contributed by atoms with E-state index < -0.39 is 24.7 Å². The number of hydrogen-bond donors (Lipinski definition) is 4. The van der Waals surface area contributed by atoms with Crippen molar-refractivity contribution < 1.29 is 20.1 Å². The van der Waals surface area contributed by atoms with E-state index in [-0.39, 0.29) is 16.7 Å². The van der Waals surface area contributed by atoms with Gasteiger partial charge in [-0.25, -0.2) is 0 Å². The summed E-state index contributed by atoms with van der Waals surface area (Å²) >= 11 is 11.9. The molecule has 1 heterocycles. The molecule has 1 aliphatic heterocycles. The highest BCUT2D eigenvalue weighted by atomic mass is 35.5. The van der Waals surface area contributed by atoms with Crippen molar-refractivity contribution in [3.8, 4) is 5.75 Å². The number of halogens is 2. The van der Waals surface area contributed by atoms with Crippen LogP contribution in [0.15, 0.2) is 12.1 Å². The van der Waals surface area contributed by atoms with E-state index in [4.69, 9.17) is 34.0 Å². The molecule has 24 heavy (non-hydrogen) atoms. The van der Waals surface area contributed by atoms with Crippen molar-refractivity contribution in [2.24, 2.45) is 11.7 Å². The van der Waals surface area contributed by atoms with Gasteiger partial charge in [-0.1, -0.05) is 23.2 Å². The molecule has 1 aliphatic rings. The number of carbonyl (C=O) groups excluding carboxylic acids is 1. The molecule has 0 bridgehead atoms. The number of carbonyl (C=O) groups is 1. The van der Waals surface area contributed by atoms with E-state index in [2.05, 4.69) is 0 Å². The van der Waals surface area contributed by atoms with Gasteiger partial charge in [0.1, 0.15) is 5.75 Å². The first kappa shape index (κ1) is 19.3. The van der Waals surface area contributed by atoms with E-state index in [1.54, 1.807) is 11.0 Å². The number of nitrogens with zero attached hydrogens (tertiary/aromatic N) is 1. The van der Waals surface area contributed by atoms with Gasteiger partial charge < -0.3 is 26.0 Å². The molecule has 134 valence electrons. The Morgan fingerprint density at radius 2 is 1.96 bits per heavy atom. The predicted molar refractivity (Wildman–Crippen MR) is 92.1 cm³/mol. The monoisotopic (exact) mass is 376 g/mol. The molecule has 1 saturated heterocycles. The van der Waals surface area contributed by atoms with Crippen LogP contribution in [-0.2, 0) is 4.79 Å². The second kappa shape index (κ2) is 8.36. The standard InChI is InChI=1S/C16H22Cl2N2O4/c17-11-6-10(13(22)7-12(11)18)15(19)9-2-1-4-20(5-3-9)16(24)14(23)8-21/h6-7,9,14-15,21-23H,1-5,8,19H2/t9-,14+,15+/m0/s1. The number of phenolic OH excluding ortho intramolecular Hbond substituents is 1. The van der Waals surface area contributed by atoms with Gasteiger partial charge in [0.25, 0.3) is 5.91 Å². The van der Waals surface area contributed by atoms with Crippen molar-refractivity contribution in [1.29, 1.82) is 0 Å². The first-order valence-corrected chi connectivity index (χ1v) is 8.62. The number of aromatic hydroxyl groups is 1. The molecule has 0 spiro atoms. The molecule has 0 aliphatic carbocycles. The van der Waals surface area contributed by atoms with Gasteiger partial charge in [-0.15, -0.1) is 0 Å². The van der Waals surface area contributed by atoms with Crippen LogP contribution in [0.2, 0.25) is 10.0 Å². The number of aliphatic hydroxyl groups is 2. The van der Waals surface area contributed by atoms with E-state index in [9.17, 15) is 15.0 Å². The van der Waals surface area contributed by atoms with Crippen LogP contribution < -0.4 is 5.73 Å². The Morgan fingerprint density at radius 3 is 2.62 bits per heavy atom. The minimum Gasteiger partial charge on any atom is -0.508 e. The van der Waals surface area contributed by atoms with Crippen molar-refractivity contribution in [2.75, 3.05) is 19.7 Å². The number of nitrogens with two attached hydrogens (primary N) is 1. The Labute approximate surface area is 150 Å². The Bertz CT molecular complexity index is 600. The Morgan fingerprint density at radius 1 is 1.29 bits per heavy atom. The molecular formula is C16H22Cl2N2O4. The summed E-state index contributed by atoms with van der Waals surface area (Å²) in [4.78, 5) is 13.5. The van der Waals surface area contributed by atoms with Crippen molar-refractivity contribution in [1.82, 2.24) is 4.90 Å². The van der Waals surface area contributed by atoms with E-state index in [0.29, 0.717) is 30.1 Å². The fourth-order valence-electron chi connectivity index (χ4n) is 3.06. The molecule has 0 radical (unpaired) electrons. The summed E-state index contributed by atoms with van der Waals surface area (Å²) in [5.41, 5.74) is 6.84. The topological polar surface area (TPSA) is 107 Å². The molecule has 0 unspecified atom stereocenters. The van der Waals surface area contributed by atoms with Crippen LogP contribution in [0.5, 0.6) is 5.75 Å². The molecule has 5 N–H and O–H groups in total. The molecule has 0 aromatic heterocycles. The first-order chi connectivity index (χ1) is 11.3. The van der Waals surface area contributed by atoms with Crippen molar-refractivity contribution in [2.45, 2.75) is 31.4 Å². The number of benzene rings is 1. The maximum absolute atomic E-state index is 12.0. The maximum Gasteiger partial charge on any atom is 0.253 e. The fraction of sp³-hybridized carbons (Fsp3) is 0.562. The Balaban J connectivity index is 2.08. The highest BCUT2D eigenvalue weighted by molar-refractivity contribution is 6.42. The van der Waals surface area contributed by atoms with Gasteiger partial charge in [0.05, 0.1) is 16.7 Å². The molecule has 8 heteroatoms. The van der Waals surface area contributed by atoms with Gasteiger partial charge in [-0.3, -0.25) is 4.79 Å². The quantitative estimate of drug-likeness (QED) is 0.639. The third kappa shape index (κ3) is 4.32. The lowest BCUT2D eigenvalue weighted by Crippen LogP contribution is -2.41. The van der Waals surface area contributed by atoms with E-state index in [1.807, 2.05) is 0 Å². The molecule has 1 aromatic rings. The zero-order valence-corrected chi connectivity index (χ0v) is 14.7. The minimum atomic E-state index is -1.38. The predicted octanol–water partition coefficient (Wildman–Crippen LogP) is 1.68. The van der Waals surface area contributed by atoms with Crippen LogP contribution in [0.1, 0.15) is 30.9 Å². The first-order valence-electron chi connectivity index (χ1n) is 7.86. The molecule has 0 saturated carbocycles. The normalized spacial score (nSPS) is 21.2. The van der Waals surface area contributed by atoms with E-state index in [1.165, 1.54) is 6.07 Å². The number of phenols is 1. The molecule has 1 amide bonds. The van der Waals surface area contributed by atoms with Crippen molar-refractivity contribution in [3.05, 3.63) is 27.7 Å². The van der Waals surface area contributed by atoms with Crippen LogP contribution in [-0.4, -0.2) is 51.9 Å². The lowest BCUT2D eigenvalue weighted by Gasteiger charge is -2.25. The van der Waals surface area contributed by atoms with Gasteiger partial charge in [0.2, 0.25) is 0 Å². The number of amides is 1. The van der Waals surface area contributed by atoms with Gasteiger partial charge in [-0.05, 0) is 31.2 Å². The number of rotatable bonds is 4. The zero-order chi connectivity index (χ0) is 17.9. The van der Waals surface area contributed by atoms with Gasteiger partial charge in [0.15, 0.2) is 6.10 Å². The molecule has 3 atom stereocenters. The van der Waals surface area contributed by atoms with Gasteiger partial charge >= 0.3 is 0 Å². The maximum atomic E-state index is 12.0. The number of likely N-dealkylation sites (tertiary alicyclic amines) is 1. The highest BCUT2D eigenvalue weighted by Crippen LogP contribution is 2.37. The molecule has 1 aromatic carbocycles. The van der Waals surface area contributed by atoms with E-state index in [0.717, 1.165) is 12.8 Å². The molecule has 2 rings (SSSR count). The highest BCUT2D eigenvalue weighted by Gasteiger charge is 2.29. The molecule has 1 fully saturated rings. The summed E-state index contributed by atoms with van der Waals surface area (Å²) in [6, 6.07) is 2.52. The van der Waals surface area contributed by atoms with E-state index >= 15 is 0 Å². The van der Waals surface area contributed by atoms with Crippen LogP contribution in [0.3, 0.4) is 0 Å². The summed E-state index contributed by atoms with van der Waals surface area (Å²) in [5, 5.41) is 29.1. The largest absolute Gasteiger partial charge is 0.508 e. The van der Waals surface area contributed by atoms with Crippen LogP contribution in [0.25, 0.3) is 0 Å².